The number of carbonyl (C=O) groups is 1. The van der Waals surface area contributed by atoms with Gasteiger partial charge in [-0.1, -0.05) is 61.0 Å². The van der Waals surface area contributed by atoms with Gasteiger partial charge in [-0.25, -0.2) is 0 Å². The van der Waals surface area contributed by atoms with Gasteiger partial charge in [0.2, 0.25) is 5.91 Å². The molecule has 3 heteroatoms. The number of nitrogens with one attached hydrogen (secondary N) is 1. The summed E-state index contributed by atoms with van der Waals surface area (Å²) in [5.74, 6) is 0.147. The fourth-order valence-corrected chi connectivity index (χ4v) is 2.28. The lowest BCUT2D eigenvalue weighted by Crippen LogP contribution is -2.19. The van der Waals surface area contributed by atoms with Crippen molar-refractivity contribution < 1.29 is 9.90 Å². The maximum Gasteiger partial charge on any atom is 0.224 e. The van der Waals surface area contributed by atoms with E-state index in [9.17, 15) is 9.90 Å². The van der Waals surface area contributed by atoms with Crippen LogP contribution in [0.1, 0.15) is 78.9 Å². The molecule has 2 N–H and O–H groups in total. The van der Waals surface area contributed by atoms with Gasteiger partial charge in [0.15, 0.2) is 0 Å². The highest BCUT2D eigenvalue weighted by Crippen LogP contribution is 2.40. The van der Waals surface area contributed by atoms with Crippen molar-refractivity contribution in [2.75, 3.05) is 5.32 Å². The first kappa shape index (κ1) is 18.5. The summed E-state index contributed by atoms with van der Waals surface area (Å²) in [4.78, 5) is 12.0. The fourth-order valence-electron chi connectivity index (χ4n) is 2.28. The summed E-state index contributed by atoms with van der Waals surface area (Å²) in [6.07, 6.45) is 2.33. The molecule has 0 fully saturated rings. The summed E-state index contributed by atoms with van der Waals surface area (Å²) in [5.41, 5.74) is 2.27. The van der Waals surface area contributed by atoms with E-state index in [0.29, 0.717) is 12.1 Å². The molecule has 1 aromatic rings. The van der Waals surface area contributed by atoms with E-state index in [1.165, 1.54) is 0 Å². The largest absolute Gasteiger partial charge is 0.505 e. The molecule has 0 unspecified atom stereocenters. The van der Waals surface area contributed by atoms with Crippen molar-refractivity contribution in [2.24, 2.45) is 0 Å². The van der Waals surface area contributed by atoms with E-state index in [4.69, 9.17) is 0 Å². The van der Waals surface area contributed by atoms with Crippen LogP contribution in [0, 0.1) is 0 Å². The molecule has 1 amide bonds. The van der Waals surface area contributed by atoms with Gasteiger partial charge in [-0.2, -0.15) is 0 Å². The van der Waals surface area contributed by atoms with E-state index in [1.807, 2.05) is 6.07 Å². The third-order valence-electron chi connectivity index (χ3n) is 3.82. The van der Waals surface area contributed by atoms with Gasteiger partial charge in [-0.15, -0.1) is 0 Å². The molecule has 1 aromatic carbocycles. The molecule has 0 saturated heterocycles. The van der Waals surface area contributed by atoms with E-state index in [-0.39, 0.29) is 22.5 Å². The highest BCUT2D eigenvalue weighted by molar-refractivity contribution is 5.92. The summed E-state index contributed by atoms with van der Waals surface area (Å²) < 4.78 is 0. The van der Waals surface area contributed by atoms with Crippen LogP contribution in [0.2, 0.25) is 0 Å². The Morgan fingerprint density at radius 1 is 1.09 bits per heavy atom. The van der Waals surface area contributed by atoms with Crippen LogP contribution in [0.3, 0.4) is 0 Å². The molecule has 22 heavy (non-hydrogen) atoms. The Bertz CT molecular complexity index is 534. The molecule has 124 valence electrons. The molecule has 3 nitrogen and oxygen atoms in total. The van der Waals surface area contributed by atoms with Crippen LogP contribution in [-0.4, -0.2) is 11.0 Å². The smallest absolute Gasteiger partial charge is 0.224 e. The molecule has 0 saturated carbocycles. The molecule has 0 spiro atoms. The Kier molecular flexibility index (Phi) is 5.66. The van der Waals surface area contributed by atoms with Crippen LogP contribution < -0.4 is 5.32 Å². The number of rotatable bonds is 4. The number of phenols is 1. The Morgan fingerprint density at radius 2 is 1.68 bits per heavy atom. The summed E-state index contributed by atoms with van der Waals surface area (Å²) >= 11 is 0. The van der Waals surface area contributed by atoms with Crippen LogP contribution in [0.25, 0.3) is 0 Å². The lowest BCUT2D eigenvalue weighted by molar-refractivity contribution is -0.116. The van der Waals surface area contributed by atoms with E-state index >= 15 is 0 Å². The average molecular weight is 305 g/mol. The SMILES string of the molecule is CCCCC(=O)Nc1cc(C(C)(C)C)cc(C(C)(C)C)c1O. The average Bonchev–Trinajstić information content (AvgIpc) is 2.36. The monoisotopic (exact) mass is 305 g/mol. The van der Waals surface area contributed by atoms with Crippen molar-refractivity contribution in [1.29, 1.82) is 0 Å². The van der Waals surface area contributed by atoms with Gasteiger partial charge in [-0.3, -0.25) is 4.79 Å². The van der Waals surface area contributed by atoms with Gasteiger partial charge in [0.25, 0.3) is 0 Å². The van der Waals surface area contributed by atoms with E-state index in [1.54, 1.807) is 0 Å². The molecule has 0 aliphatic carbocycles. The Hall–Kier alpha value is -1.51. The van der Waals surface area contributed by atoms with Crippen molar-refractivity contribution in [2.45, 2.75) is 78.6 Å². The number of carbonyl (C=O) groups excluding carboxylic acids is 1. The highest BCUT2D eigenvalue weighted by atomic mass is 16.3. The van der Waals surface area contributed by atoms with Gasteiger partial charge in [-0.05, 0) is 28.9 Å². The maximum atomic E-state index is 12.0. The van der Waals surface area contributed by atoms with Gasteiger partial charge in [0.1, 0.15) is 5.75 Å². The fraction of sp³-hybridized carbons (Fsp3) is 0.632. The summed E-state index contributed by atoms with van der Waals surface area (Å²) in [7, 11) is 0. The molecule has 0 atom stereocenters. The first-order chi connectivity index (χ1) is 9.96. The topological polar surface area (TPSA) is 49.3 Å². The second-order valence-electron chi connectivity index (χ2n) is 8.07. The summed E-state index contributed by atoms with van der Waals surface area (Å²) in [5, 5.41) is 13.5. The zero-order valence-corrected chi connectivity index (χ0v) is 15.1. The number of unbranched alkanes of at least 4 members (excludes halogenated alkanes) is 1. The molecule has 0 heterocycles. The Balaban J connectivity index is 3.28. The predicted octanol–water partition coefficient (Wildman–Crippen LogP) is 5.12. The Morgan fingerprint density at radius 3 is 2.14 bits per heavy atom. The minimum atomic E-state index is -0.186. The highest BCUT2D eigenvalue weighted by Gasteiger charge is 2.25. The zero-order chi connectivity index (χ0) is 17.1. The van der Waals surface area contributed by atoms with E-state index in [0.717, 1.165) is 24.0 Å². The molecule has 0 aliphatic rings. The minimum Gasteiger partial charge on any atom is -0.505 e. The van der Waals surface area contributed by atoms with Gasteiger partial charge < -0.3 is 10.4 Å². The Labute approximate surface area is 135 Å². The number of benzene rings is 1. The minimum absolute atomic E-state index is 0.0388. The van der Waals surface area contributed by atoms with Crippen molar-refractivity contribution in [3.63, 3.8) is 0 Å². The number of amides is 1. The van der Waals surface area contributed by atoms with E-state index in [2.05, 4.69) is 59.8 Å². The van der Waals surface area contributed by atoms with Crippen LogP contribution in [0.4, 0.5) is 5.69 Å². The molecular formula is C19H31NO2. The van der Waals surface area contributed by atoms with Crippen molar-refractivity contribution in [3.8, 4) is 5.75 Å². The molecule has 0 aliphatic heterocycles. The lowest BCUT2D eigenvalue weighted by Gasteiger charge is -2.27. The normalized spacial score (nSPS) is 12.3. The van der Waals surface area contributed by atoms with Crippen LogP contribution >= 0.6 is 0 Å². The van der Waals surface area contributed by atoms with E-state index < -0.39 is 0 Å². The van der Waals surface area contributed by atoms with Crippen molar-refractivity contribution in [1.82, 2.24) is 0 Å². The van der Waals surface area contributed by atoms with Crippen LogP contribution in [0.15, 0.2) is 12.1 Å². The molecular weight excluding hydrogens is 274 g/mol. The number of phenolic OH excluding ortho intramolecular Hbond substituents is 1. The van der Waals surface area contributed by atoms with Crippen molar-refractivity contribution in [3.05, 3.63) is 23.3 Å². The second kappa shape index (κ2) is 6.72. The third-order valence-corrected chi connectivity index (χ3v) is 3.82. The van der Waals surface area contributed by atoms with Crippen LogP contribution in [-0.2, 0) is 15.6 Å². The number of aromatic hydroxyl groups is 1. The summed E-state index contributed by atoms with van der Waals surface area (Å²) in [6.45, 7) is 14.7. The quantitative estimate of drug-likeness (QED) is 0.759. The van der Waals surface area contributed by atoms with Gasteiger partial charge in [0.05, 0.1) is 5.69 Å². The zero-order valence-electron chi connectivity index (χ0n) is 15.1. The number of hydrogen-bond acceptors (Lipinski definition) is 2. The third kappa shape index (κ3) is 4.75. The summed E-state index contributed by atoms with van der Waals surface area (Å²) in [6, 6.07) is 3.95. The molecule has 0 bridgehead atoms. The lowest BCUT2D eigenvalue weighted by atomic mass is 9.79. The maximum absolute atomic E-state index is 12.0. The van der Waals surface area contributed by atoms with Crippen LogP contribution in [0.5, 0.6) is 5.75 Å². The molecule has 1 rings (SSSR count). The first-order valence-electron chi connectivity index (χ1n) is 8.14. The predicted molar refractivity (Wildman–Crippen MR) is 93.7 cm³/mol. The standard InChI is InChI=1S/C19H31NO2/c1-8-9-10-16(21)20-15-12-13(18(2,3)4)11-14(17(15)22)19(5,6)7/h11-12,22H,8-10H2,1-7H3,(H,20,21). The molecule has 0 radical (unpaired) electrons. The molecule has 0 aromatic heterocycles. The first-order valence-corrected chi connectivity index (χ1v) is 8.14. The van der Waals surface area contributed by atoms with Crippen molar-refractivity contribution >= 4 is 11.6 Å². The van der Waals surface area contributed by atoms with Gasteiger partial charge >= 0.3 is 0 Å². The van der Waals surface area contributed by atoms with Gasteiger partial charge in [0, 0.05) is 12.0 Å². The number of hydrogen-bond donors (Lipinski definition) is 2. The number of anilines is 1. The second-order valence-corrected chi connectivity index (χ2v) is 8.07.